The largest absolute Gasteiger partial charge is 0.345 e. The molecule has 1 heterocycles. The molecule has 1 fully saturated rings. The first kappa shape index (κ1) is 13.2. The van der Waals surface area contributed by atoms with Crippen LogP contribution in [0.3, 0.4) is 0 Å². The van der Waals surface area contributed by atoms with Gasteiger partial charge in [-0.25, -0.2) is 4.39 Å². The number of ketones is 1. The topological polar surface area (TPSA) is 37.4 Å². The van der Waals surface area contributed by atoms with Crippen LogP contribution in [0, 0.1) is 11.7 Å². The number of halogens is 2. The molecule has 0 bridgehead atoms. The van der Waals surface area contributed by atoms with Crippen LogP contribution < -0.4 is 0 Å². The molecule has 0 aromatic heterocycles. The van der Waals surface area contributed by atoms with Crippen molar-refractivity contribution in [3.05, 3.63) is 34.1 Å². The number of piperidine rings is 1. The maximum absolute atomic E-state index is 13.7. The fourth-order valence-electron chi connectivity index (χ4n) is 2.18. The highest BCUT2D eigenvalue weighted by Crippen LogP contribution is 2.24. The first-order valence-electron chi connectivity index (χ1n) is 5.80. The quantitative estimate of drug-likeness (QED) is 0.635. The number of likely N-dealkylation sites (tertiary alicyclic amines) is 1. The van der Waals surface area contributed by atoms with E-state index in [2.05, 4.69) is 15.9 Å². The van der Waals surface area contributed by atoms with Gasteiger partial charge in [0.25, 0.3) is 0 Å². The Morgan fingerprint density at radius 1 is 1.39 bits per heavy atom. The highest BCUT2D eigenvalue weighted by molar-refractivity contribution is 9.10. The molecular weight excluding hydrogens is 301 g/mol. The van der Waals surface area contributed by atoms with E-state index < -0.39 is 5.82 Å². The predicted octanol–water partition coefficient (Wildman–Crippen LogP) is 2.64. The summed E-state index contributed by atoms with van der Waals surface area (Å²) in [6.45, 7) is 1.14. The first-order chi connectivity index (χ1) is 8.61. The molecule has 18 heavy (non-hydrogen) atoms. The number of Topliss-reactive ketones (excluding diaryl/α,β-unsaturated/α-hetero) is 1. The number of amides is 1. The maximum atomic E-state index is 13.7. The molecule has 0 unspecified atom stereocenters. The number of benzene rings is 1. The second-order valence-corrected chi connectivity index (χ2v) is 5.32. The number of hydrogen-bond acceptors (Lipinski definition) is 2. The average molecular weight is 314 g/mol. The Kier molecular flexibility index (Phi) is 4.11. The lowest BCUT2D eigenvalue weighted by molar-refractivity contribution is -0.119. The summed E-state index contributed by atoms with van der Waals surface area (Å²) in [6.07, 6.45) is 2.00. The third kappa shape index (κ3) is 2.77. The standard InChI is InChI=1S/C13H13BrFNO2/c14-10-1-2-11(12(15)7-10)13(18)9-3-5-16(8-17)6-4-9/h1-2,7-9H,3-6H2. The Bertz CT molecular complexity index is 470. The van der Waals surface area contributed by atoms with Crippen molar-refractivity contribution in [2.24, 2.45) is 5.92 Å². The van der Waals surface area contributed by atoms with Gasteiger partial charge in [-0.05, 0) is 31.0 Å². The minimum atomic E-state index is -0.493. The number of hydrogen-bond donors (Lipinski definition) is 0. The average Bonchev–Trinajstić information content (AvgIpc) is 2.38. The molecule has 5 heteroatoms. The van der Waals surface area contributed by atoms with Crippen LogP contribution in [0.15, 0.2) is 22.7 Å². The Morgan fingerprint density at radius 3 is 2.61 bits per heavy atom. The van der Waals surface area contributed by atoms with Crippen molar-refractivity contribution in [2.45, 2.75) is 12.8 Å². The van der Waals surface area contributed by atoms with E-state index in [1.54, 1.807) is 11.0 Å². The van der Waals surface area contributed by atoms with Gasteiger partial charge in [0.2, 0.25) is 6.41 Å². The van der Waals surface area contributed by atoms with Crippen LogP contribution in [0.4, 0.5) is 4.39 Å². The molecule has 2 rings (SSSR count). The highest BCUT2D eigenvalue weighted by atomic mass is 79.9. The second kappa shape index (κ2) is 5.61. The molecular formula is C13H13BrFNO2. The molecule has 1 aliphatic heterocycles. The minimum Gasteiger partial charge on any atom is -0.345 e. The van der Waals surface area contributed by atoms with Crippen molar-refractivity contribution >= 4 is 28.1 Å². The summed E-state index contributed by atoms with van der Waals surface area (Å²) in [5, 5.41) is 0. The third-order valence-corrected chi connectivity index (χ3v) is 3.74. The molecule has 1 saturated heterocycles. The fourth-order valence-corrected chi connectivity index (χ4v) is 2.51. The summed E-state index contributed by atoms with van der Waals surface area (Å²) >= 11 is 3.16. The molecule has 3 nitrogen and oxygen atoms in total. The van der Waals surface area contributed by atoms with Gasteiger partial charge < -0.3 is 4.90 Å². The zero-order valence-corrected chi connectivity index (χ0v) is 11.3. The zero-order valence-electron chi connectivity index (χ0n) is 9.73. The van der Waals surface area contributed by atoms with Gasteiger partial charge in [-0.1, -0.05) is 15.9 Å². The van der Waals surface area contributed by atoms with Crippen molar-refractivity contribution in [2.75, 3.05) is 13.1 Å². The molecule has 1 aromatic rings. The highest BCUT2D eigenvalue weighted by Gasteiger charge is 2.26. The second-order valence-electron chi connectivity index (χ2n) is 4.40. The lowest BCUT2D eigenvalue weighted by Crippen LogP contribution is -2.35. The lowest BCUT2D eigenvalue weighted by atomic mass is 9.89. The molecule has 1 amide bonds. The molecule has 0 saturated carbocycles. The fraction of sp³-hybridized carbons (Fsp3) is 0.385. The van der Waals surface area contributed by atoms with E-state index in [1.165, 1.54) is 12.1 Å². The van der Waals surface area contributed by atoms with Gasteiger partial charge in [0.05, 0.1) is 5.56 Å². The Balaban J connectivity index is 2.10. The van der Waals surface area contributed by atoms with Gasteiger partial charge in [0.1, 0.15) is 5.82 Å². The Labute approximate surface area is 113 Å². The van der Waals surface area contributed by atoms with Crippen molar-refractivity contribution in [1.82, 2.24) is 4.90 Å². The Hall–Kier alpha value is -1.23. The van der Waals surface area contributed by atoms with Gasteiger partial charge in [0, 0.05) is 23.5 Å². The normalized spacial score (nSPS) is 16.7. The Morgan fingerprint density at radius 2 is 2.06 bits per heavy atom. The van der Waals surface area contributed by atoms with Gasteiger partial charge in [-0.15, -0.1) is 0 Å². The van der Waals surface area contributed by atoms with Crippen LogP contribution in [0.1, 0.15) is 23.2 Å². The van der Waals surface area contributed by atoms with Crippen LogP contribution in [0.2, 0.25) is 0 Å². The van der Waals surface area contributed by atoms with E-state index in [1.807, 2.05) is 0 Å². The monoisotopic (exact) mass is 313 g/mol. The summed E-state index contributed by atoms with van der Waals surface area (Å²) < 4.78 is 14.3. The number of rotatable bonds is 3. The summed E-state index contributed by atoms with van der Waals surface area (Å²) in [6, 6.07) is 4.47. The van der Waals surface area contributed by atoms with Gasteiger partial charge in [-0.3, -0.25) is 9.59 Å². The molecule has 1 aromatic carbocycles. The van der Waals surface area contributed by atoms with E-state index >= 15 is 0 Å². The molecule has 0 radical (unpaired) electrons. The van der Waals surface area contributed by atoms with Gasteiger partial charge >= 0.3 is 0 Å². The summed E-state index contributed by atoms with van der Waals surface area (Å²) in [5.41, 5.74) is 0.141. The summed E-state index contributed by atoms with van der Waals surface area (Å²) in [4.78, 5) is 24.4. The van der Waals surface area contributed by atoms with Crippen LogP contribution >= 0.6 is 15.9 Å². The zero-order chi connectivity index (χ0) is 13.1. The van der Waals surface area contributed by atoms with Crippen LogP contribution in [-0.2, 0) is 4.79 Å². The lowest BCUT2D eigenvalue weighted by Gasteiger charge is -2.28. The molecule has 1 aliphatic rings. The van der Waals surface area contributed by atoms with E-state index in [4.69, 9.17) is 0 Å². The summed E-state index contributed by atoms with van der Waals surface area (Å²) in [5.74, 6) is -0.838. The number of carbonyl (C=O) groups is 2. The molecule has 0 spiro atoms. The molecule has 0 N–H and O–H groups in total. The van der Waals surface area contributed by atoms with Crippen LogP contribution in [0.25, 0.3) is 0 Å². The van der Waals surface area contributed by atoms with Crippen LogP contribution in [0.5, 0.6) is 0 Å². The van der Waals surface area contributed by atoms with E-state index in [0.29, 0.717) is 30.4 Å². The van der Waals surface area contributed by atoms with Gasteiger partial charge in [-0.2, -0.15) is 0 Å². The SMILES string of the molecule is O=CN1CCC(C(=O)c2ccc(Br)cc2F)CC1. The van der Waals surface area contributed by atoms with Crippen molar-refractivity contribution < 1.29 is 14.0 Å². The van der Waals surface area contributed by atoms with Crippen molar-refractivity contribution in [1.29, 1.82) is 0 Å². The van der Waals surface area contributed by atoms with Crippen molar-refractivity contribution in [3.8, 4) is 0 Å². The summed E-state index contributed by atoms with van der Waals surface area (Å²) in [7, 11) is 0. The molecule has 96 valence electrons. The van der Waals surface area contributed by atoms with E-state index in [9.17, 15) is 14.0 Å². The minimum absolute atomic E-state index is 0.141. The number of carbonyl (C=O) groups excluding carboxylic acids is 2. The van der Waals surface area contributed by atoms with Crippen molar-refractivity contribution in [3.63, 3.8) is 0 Å². The van der Waals surface area contributed by atoms with Gasteiger partial charge in [0.15, 0.2) is 5.78 Å². The van der Waals surface area contributed by atoms with Crippen LogP contribution in [-0.4, -0.2) is 30.2 Å². The smallest absolute Gasteiger partial charge is 0.209 e. The molecule has 0 aliphatic carbocycles. The van der Waals surface area contributed by atoms with E-state index in [-0.39, 0.29) is 17.3 Å². The number of nitrogens with zero attached hydrogens (tertiary/aromatic N) is 1. The van der Waals surface area contributed by atoms with E-state index in [0.717, 1.165) is 6.41 Å². The predicted molar refractivity (Wildman–Crippen MR) is 68.8 cm³/mol. The maximum Gasteiger partial charge on any atom is 0.209 e. The third-order valence-electron chi connectivity index (χ3n) is 3.25. The first-order valence-corrected chi connectivity index (χ1v) is 6.59. The molecule has 0 atom stereocenters.